The van der Waals surface area contributed by atoms with Crippen molar-refractivity contribution in [3.8, 4) is 0 Å². The molecule has 0 radical (unpaired) electrons. The summed E-state index contributed by atoms with van der Waals surface area (Å²) in [6.07, 6.45) is 4.64. The SMILES string of the molecule is CC(C)CNCCC(C)(O)C1CCC1. The third-order valence-corrected chi connectivity index (χ3v) is 3.35. The molecule has 1 rings (SSSR count). The summed E-state index contributed by atoms with van der Waals surface area (Å²) in [5.41, 5.74) is -0.428. The predicted octanol–water partition coefficient (Wildman–Crippen LogP) is 2.17. The molecule has 84 valence electrons. The first-order valence-corrected chi connectivity index (χ1v) is 5.95. The minimum atomic E-state index is -0.428. The zero-order chi connectivity index (χ0) is 10.6. The molecule has 0 aromatic heterocycles. The smallest absolute Gasteiger partial charge is 0.0659 e. The summed E-state index contributed by atoms with van der Waals surface area (Å²) >= 11 is 0. The van der Waals surface area contributed by atoms with Crippen LogP contribution in [0.5, 0.6) is 0 Å². The maximum absolute atomic E-state index is 10.2. The summed E-state index contributed by atoms with van der Waals surface area (Å²) in [6, 6.07) is 0. The molecule has 1 aliphatic rings. The van der Waals surface area contributed by atoms with Gasteiger partial charge in [0.1, 0.15) is 0 Å². The van der Waals surface area contributed by atoms with Crippen molar-refractivity contribution in [2.45, 2.75) is 52.1 Å². The van der Waals surface area contributed by atoms with Gasteiger partial charge in [-0.25, -0.2) is 0 Å². The average Bonchev–Trinajstić information content (AvgIpc) is 1.93. The van der Waals surface area contributed by atoms with Gasteiger partial charge < -0.3 is 10.4 Å². The van der Waals surface area contributed by atoms with Crippen LogP contribution in [0.4, 0.5) is 0 Å². The molecule has 2 heteroatoms. The van der Waals surface area contributed by atoms with Gasteiger partial charge in [0.2, 0.25) is 0 Å². The van der Waals surface area contributed by atoms with Crippen LogP contribution in [0.3, 0.4) is 0 Å². The van der Waals surface area contributed by atoms with Gasteiger partial charge in [0.15, 0.2) is 0 Å². The summed E-state index contributed by atoms with van der Waals surface area (Å²) in [5.74, 6) is 1.26. The summed E-state index contributed by atoms with van der Waals surface area (Å²) in [6.45, 7) is 8.41. The number of hydrogen-bond donors (Lipinski definition) is 2. The van der Waals surface area contributed by atoms with Crippen molar-refractivity contribution in [2.75, 3.05) is 13.1 Å². The first kappa shape index (κ1) is 12.0. The monoisotopic (exact) mass is 199 g/mol. The molecule has 0 spiro atoms. The Hall–Kier alpha value is -0.0800. The van der Waals surface area contributed by atoms with Gasteiger partial charge in [-0.1, -0.05) is 20.3 Å². The van der Waals surface area contributed by atoms with Crippen LogP contribution in [0, 0.1) is 11.8 Å². The van der Waals surface area contributed by atoms with Crippen LogP contribution in [-0.4, -0.2) is 23.8 Å². The lowest BCUT2D eigenvalue weighted by molar-refractivity contribution is -0.0405. The van der Waals surface area contributed by atoms with E-state index in [9.17, 15) is 5.11 Å². The molecule has 14 heavy (non-hydrogen) atoms. The van der Waals surface area contributed by atoms with Crippen LogP contribution in [-0.2, 0) is 0 Å². The van der Waals surface area contributed by atoms with Gasteiger partial charge in [-0.2, -0.15) is 0 Å². The molecule has 0 amide bonds. The molecule has 1 saturated carbocycles. The van der Waals surface area contributed by atoms with Gasteiger partial charge >= 0.3 is 0 Å². The topological polar surface area (TPSA) is 32.3 Å². The van der Waals surface area contributed by atoms with Crippen LogP contribution < -0.4 is 5.32 Å². The molecule has 0 aromatic carbocycles. The van der Waals surface area contributed by atoms with Crippen LogP contribution >= 0.6 is 0 Å². The lowest BCUT2D eigenvalue weighted by atomic mass is 9.72. The standard InChI is InChI=1S/C12H25NO/c1-10(2)9-13-8-7-12(3,14)11-5-4-6-11/h10-11,13-14H,4-9H2,1-3H3. The second kappa shape index (κ2) is 5.13. The number of aliphatic hydroxyl groups is 1. The number of rotatable bonds is 6. The fourth-order valence-electron chi connectivity index (χ4n) is 1.97. The van der Waals surface area contributed by atoms with Crippen LogP contribution in [0.25, 0.3) is 0 Å². The molecular formula is C12H25NO. The average molecular weight is 199 g/mol. The molecule has 1 fully saturated rings. The molecule has 0 bridgehead atoms. The van der Waals surface area contributed by atoms with E-state index in [4.69, 9.17) is 0 Å². The Morgan fingerprint density at radius 3 is 2.50 bits per heavy atom. The van der Waals surface area contributed by atoms with Gasteiger partial charge in [0, 0.05) is 0 Å². The molecule has 0 aliphatic heterocycles. The molecule has 0 saturated heterocycles. The highest BCUT2D eigenvalue weighted by molar-refractivity contribution is 4.87. The summed E-state index contributed by atoms with van der Waals surface area (Å²) in [5, 5.41) is 13.5. The zero-order valence-corrected chi connectivity index (χ0v) is 9.84. The van der Waals surface area contributed by atoms with Gasteiger partial charge in [0.25, 0.3) is 0 Å². The van der Waals surface area contributed by atoms with Crippen molar-refractivity contribution in [3.05, 3.63) is 0 Å². The van der Waals surface area contributed by atoms with E-state index >= 15 is 0 Å². The van der Waals surface area contributed by atoms with Gasteiger partial charge in [-0.05, 0) is 51.1 Å². The Bertz CT molecular complexity index is 162. The summed E-state index contributed by atoms with van der Waals surface area (Å²) in [4.78, 5) is 0. The Balaban J connectivity index is 2.09. The predicted molar refractivity (Wildman–Crippen MR) is 60.3 cm³/mol. The van der Waals surface area contributed by atoms with Crippen molar-refractivity contribution in [2.24, 2.45) is 11.8 Å². The number of nitrogens with one attached hydrogen (secondary N) is 1. The first-order valence-electron chi connectivity index (χ1n) is 5.95. The van der Waals surface area contributed by atoms with Crippen LogP contribution in [0.2, 0.25) is 0 Å². The molecule has 2 nitrogen and oxygen atoms in total. The van der Waals surface area contributed by atoms with Crippen molar-refractivity contribution in [3.63, 3.8) is 0 Å². The Morgan fingerprint density at radius 1 is 1.43 bits per heavy atom. The van der Waals surface area contributed by atoms with Crippen molar-refractivity contribution in [1.82, 2.24) is 5.32 Å². The van der Waals surface area contributed by atoms with Crippen molar-refractivity contribution in [1.29, 1.82) is 0 Å². The highest BCUT2D eigenvalue weighted by Crippen LogP contribution is 2.37. The summed E-state index contributed by atoms with van der Waals surface area (Å²) in [7, 11) is 0. The maximum atomic E-state index is 10.2. The first-order chi connectivity index (χ1) is 6.52. The molecule has 1 aliphatic carbocycles. The zero-order valence-electron chi connectivity index (χ0n) is 9.84. The molecule has 1 atom stereocenters. The third-order valence-electron chi connectivity index (χ3n) is 3.35. The fourth-order valence-corrected chi connectivity index (χ4v) is 1.97. The summed E-state index contributed by atoms with van der Waals surface area (Å²) < 4.78 is 0. The fraction of sp³-hybridized carbons (Fsp3) is 1.00. The van der Waals surface area contributed by atoms with Gasteiger partial charge in [0.05, 0.1) is 5.60 Å². The molecule has 1 unspecified atom stereocenters. The Labute approximate surface area is 88.1 Å². The minimum Gasteiger partial charge on any atom is -0.390 e. The maximum Gasteiger partial charge on any atom is 0.0659 e. The van der Waals surface area contributed by atoms with Crippen LogP contribution in [0.1, 0.15) is 46.5 Å². The van der Waals surface area contributed by atoms with E-state index in [-0.39, 0.29) is 0 Å². The van der Waals surface area contributed by atoms with E-state index in [1.54, 1.807) is 0 Å². The van der Waals surface area contributed by atoms with E-state index in [1.165, 1.54) is 19.3 Å². The highest BCUT2D eigenvalue weighted by atomic mass is 16.3. The minimum absolute atomic E-state index is 0.428. The van der Waals surface area contributed by atoms with E-state index in [2.05, 4.69) is 19.2 Å². The molecule has 0 aromatic rings. The normalized spacial score (nSPS) is 22.1. The van der Waals surface area contributed by atoms with Gasteiger partial charge in [-0.15, -0.1) is 0 Å². The van der Waals surface area contributed by atoms with Crippen LogP contribution in [0.15, 0.2) is 0 Å². The van der Waals surface area contributed by atoms with Crippen molar-refractivity contribution >= 4 is 0 Å². The van der Waals surface area contributed by atoms with E-state index < -0.39 is 5.60 Å². The number of hydrogen-bond acceptors (Lipinski definition) is 2. The Morgan fingerprint density at radius 2 is 2.07 bits per heavy atom. The van der Waals surface area contributed by atoms with E-state index in [0.717, 1.165) is 19.5 Å². The lowest BCUT2D eigenvalue weighted by Crippen LogP contribution is -2.41. The lowest BCUT2D eigenvalue weighted by Gasteiger charge is -2.39. The molecule has 2 N–H and O–H groups in total. The van der Waals surface area contributed by atoms with Crippen molar-refractivity contribution < 1.29 is 5.11 Å². The third kappa shape index (κ3) is 3.58. The molecule has 0 heterocycles. The Kier molecular flexibility index (Phi) is 4.39. The quantitative estimate of drug-likeness (QED) is 0.643. The second-order valence-electron chi connectivity index (χ2n) is 5.33. The van der Waals surface area contributed by atoms with E-state index in [1.807, 2.05) is 6.92 Å². The van der Waals surface area contributed by atoms with E-state index in [0.29, 0.717) is 11.8 Å². The largest absolute Gasteiger partial charge is 0.390 e. The second-order valence-corrected chi connectivity index (χ2v) is 5.33. The van der Waals surface area contributed by atoms with Gasteiger partial charge in [-0.3, -0.25) is 0 Å². The highest BCUT2D eigenvalue weighted by Gasteiger charge is 2.35. The molecular weight excluding hydrogens is 174 g/mol.